The number of carbonyl (C=O) groups is 1. The van der Waals surface area contributed by atoms with Gasteiger partial charge in [0.2, 0.25) is 0 Å². The van der Waals surface area contributed by atoms with E-state index in [1.165, 1.54) is 4.68 Å². The Labute approximate surface area is 183 Å². The fraction of sp³-hybridized carbons (Fsp3) is 0.600. The largest absolute Gasteiger partial charge is 0.444 e. The van der Waals surface area contributed by atoms with Crippen molar-refractivity contribution in [1.29, 1.82) is 5.26 Å². The highest BCUT2D eigenvalue weighted by atomic mass is 79.9. The van der Waals surface area contributed by atoms with E-state index in [2.05, 4.69) is 31.9 Å². The van der Waals surface area contributed by atoms with Crippen molar-refractivity contribution in [2.45, 2.75) is 58.7 Å². The van der Waals surface area contributed by atoms with Crippen molar-refractivity contribution in [3.8, 4) is 6.07 Å². The van der Waals surface area contributed by atoms with E-state index in [1.807, 2.05) is 34.6 Å². The van der Waals surface area contributed by atoms with Crippen LogP contribution in [0.2, 0.25) is 0 Å². The molecule has 0 unspecified atom stereocenters. The Morgan fingerprint density at radius 1 is 1.33 bits per heavy atom. The second kappa shape index (κ2) is 7.95. The lowest BCUT2D eigenvalue weighted by Crippen LogP contribution is -2.59. The molecule has 2 atom stereocenters. The summed E-state index contributed by atoms with van der Waals surface area (Å²) in [5.74, 6) is 0. The monoisotopic (exact) mass is 478 g/mol. The first kappa shape index (κ1) is 22.2. The van der Waals surface area contributed by atoms with Crippen LogP contribution in [0.25, 0.3) is 5.65 Å². The summed E-state index contributed by atoms with van der Waals surface area (Å²) >= 11 is 3.47. The number of carbonyl (C=O) groups excluding carboxylic acids is 1. The van der Waals surface area contributed by atoms with Crippen LogP contribution in [-0.4, -0.2) is 55.9 Å². The van der Waals surface area contributed by atoms with E-state index < -0.39 is 5.60 Å². The van der Waals surface area contributed by atoms with Gasteiger partial charge in [0, 0.05) is 32.2 Å². The number of fused-ring (bicyclic) bond motifs is 1. The molecule has 0 spiro atoms. The molecule has 3 rings (SSSR count). The van der Waals surface area contributed by atoms with Crippen LogP contribution in [0.3, 0.4) is 0 Å². The zero-order chi connectivity index (χ0) is 22.4. The number of nitriles is 1. The number of anilines is 1. The molecule has 10 heteroatoms. The van der Waals surface area contributed by atoms with Crippen LogP contribution in [0, 0.1) is 11.3 Å². The molecule has 2 aromatic heterocycles. The van der Waals surface area contributed by atoms with Gasteiger partial charge in [0.1, 0.15) is 15.8 Å². The standard InChI is InChI=1S/C20H27BrN6O3/c1-12-10-26(19(29)30-20(3,4)5)13(2)9-25(12)16-15(21)18(28)24(6)27-11-14(7-8-22)23-17(16)27/h11-13H,7,9-10H2,1-6H3/t12-,13+/m0/s1. The number of nitrogens with zero attached hydrogens (tertiary/aromatic N) is 6. The van der Waals surface area contributed by atoms with E-state index in [4.69, 9.17) is 10.00 Å². The van der Waals surface area contributed by atoms with Gasteiger partial charge in [-0.15, -0.1) is 0 Å². The van der Waals surface area contributed by atoms with Gasteiger partial charge in [-0.2, -0.15) is 5.26 Å². The summed E-state index contributed by atoms with van der Waals surface area (Å²) < 4.78 is 9.10. The number of aromatic nitrogens is 3. The Kier molecular flexibility index (Phi) is 5.87. The number of aryl methyl sites for hydroxylation is 1. The van der Waals surface area contributed by atoms with Gasteiger partial charge in [-0.25, -0.2) is 19.0 Å². The fourth-order valence-corrected chi connectivity index (χ4v) is 4.34. The fourth-order valence-electron chi connectivity index (χ4n) is 3.68. The van der Waals surface area contributed by atoms with Gasteiger partial charge in [0.25, 0.3) is 5.56 Å². The maximum atomic E-state index is 12.8. The van der Waals surface area contributed by atoms with Crippen LogP contribution in [0.15, 0.2) is 15.5 Å². The highest BCUT2D eigenvalue weighted by molar-refractivity contribution is 9.10. The molecule has 1 saturated heterocycles. The molecule has 0 saturated carbocycles. The van der Waals surface area contributed by atoms with E-state index in [9.17, 15) is 9.59 Å². The minimum atomic E-state index is -0.564. The molecule has 1 aliphatic heterocycles. The molecule has 1 fully saturated rings. The van der Waals surface area contributed by atoms with Crippen molar-refractivity contribution in [3.63, 3.8) is 0 Å². The lowest BCUT2D eigenvalue weighted by Gasteiger charge is -2.45. The van der Waals surface area contributed by atoms with Crippen molar-refractivity contribution in [2.75, 3.05) is 18.0 Å². The minimum Gasteiger partial charge on any atom is -0.444 e. The van der Waals surface area contributed by atoms with Crippen molar-refractivity contribution in [3.05, 3.63) is 26.7 Å². The summed E-state index contributed by atoms with van der Waals surface area (Å²) in [6.45, 7) is 10.5. The topological polar surface area (TPSA) is 95.9 Å². The van der Waals surface area contributed by atoms with Gasteiger partial charge >= 0.3 is 6.09 Å². The number of halogens is 1. The van der Waals surface area contributed by atoms with Crippen LogP contribution in [0.5, 0.6) is 0 Å². The smallest absolute Gasteiger partial charge is 0.410 e. The lowest BCUT2D eigenvalue weighted by atomic mass is 10.1. The molecule has 0 bridgehead atoms. The van der Waals surface area contributed by atoms with E-state index in [-0.39, 0.29) is 30.2 Å². The molecule has 0 radical (unpaired) electrons. The second-order valence-corrected chi connectivity index (χ2v) is 9.50. The Hall–Kier alpha value is -2.54. The first-order chi connectivity index (χ1) is 13.9. The Morgan fingerprint density at radius 3 is 2.60 bits per heavy atom. The van der Waals surface area contributed by atoms with Gasteiger partial charge in [0.15, 0.2) is 5.65 Å². The van der Waals surface area contributed by atoms with Crippen molar-refractivity contribution >= 4 is 33.4 Å². The van der Waals surface area contributed by atoms with E-state index in [1.54, 1.807) is 22.7 Å². The van der Waals surface area contributed by atoms with Crippen molar-refractivity contribution in [2.24, 2.45) is 7.05 Å². The van der Waals surface area contributed by atoms with E-state index in [0.29, 0.717) is 34.6 Å². The molecule has 0 aromatic carbocycles. The minimum absolute atomic E-state index is 0.0722. The Morgan fingerprint density at radius 2 is 2.00 bits per heavy atom. The highest BCUT2D eigenvalue weighted by Crippen LogP contribution is 2.32. The maximum absolute atomic E-state index is 12.8. The number of hydrogen-bond acceptors (Lipinski definition) is 6. The molecule has 9 nitrogen and oxygen atoms in total. The predicted octanol–water partition coefficient (Wildman–Crippen LogP) is 2.70. The number of imidazole rings is 1. The maximum Gasteiger partial charge on any atom is 0.410 e. The van der Waals surface area contributed by atoms with Crippen LogP contribution in [0.4, 0.5) is 10.5 Å². The molecule has 162 valence electrons. The highest BCUT2D eigenvalue weighted by Gasteiger charge is 2.36. The average Bonchev–Trinajstić information content (AvgIpc) is 3.05. The quantitative estimate of drug-likeness (QED) is 0.658. The third-order valence-corrected chi connectivity index (χ3v) is 5.84. The first-order valence-electron chi connectivity index (χ1n) is 9.84. The Bertz CT molecular complexity index is 1080. The summed E-state index contributed by atoms with van der Waals surface area (Å²) in [4.78, 5) is 33.9. The molecule has 3 heterocycles. The number of amides is 1. The summed E-state index contributed by atoms with van der Waals surface area (Å²) in [7, 11) is 1.66. The summed E-state index contributed by atoms with van der Waals surface area (Å²) in [6, 6.07) is 1.90. The van der Waals surface area contributed by atoms with Crippen LogP contribution < -0.4 is 10.5 Å². The summed E-state index contributed by atoms with van der Waals surface area (Å²) in [6.07, 6.45) is 1.53. The van der Waals surface area contributed by atoms with Crippen LogP contribution >= 0.6 is 15.9 Å². The van der Waals surface area contributed by atoms with Crippen molar-refractivity contribution in [1.82, 2.24) is 19.1 Å². The van der Waals surface area contributed by atoms with Crippen LogP contribution in [0.1, 0.15) is 40.3 Å². The summed E-state index contributed by atoms with van der Waals surface area (Å²) in [5, 5.41) is 9.04. The summed E-state index contributed by atoms with van der Waals surface area (Å²) in [5.41, 5.74) is 1.10. The zero-order valence-corrected chi connectivity index (χ0v) is 19.7. The van der Waals surface area contributed by atoms with Crippen LogP contribution in [-0.2, 0) is 18.2 Å². The van der Waals surface area contributed by atoms with E-state index >= 15 is 0 Å². The number of piperazine rings is 1. The number of ether oxygens (including phenoxy) is 1. The van der Waals surface area contributed by atoms with Gasteiger partial charge < -0.3 is 14.5 Å². The molecule has 0 N–H and O–H groups in total. The van der Waals surface area contributed by atoms with Gasteiger partial charge in [-0.3, -0.25) is 4.79 Å². The van der Waals surface area contributed by atoms with Gasteiger partial charge in [-0.05, 0) is 50.5 Å². The molecule has 0 aliphatic carbocycles. The zero-order valence-electron chi connectivity index (χ0n) is 18.1. The first-order valence-corrected chi connectivity index (χ1v) is 10.6. The Balaban J connectivity index is 2.02. The third kappa shape index (κ3) is 4.03. The second-order valence-electron chi connectivity index (χ2n) is 8.71. The van der Waals surface area contributed by atoms with Crippen molar-refractivity contribution < 1.29 is 9.53 Å². The van der Waals surface area contributed by atoms with Gasteiger partial charge in [0.05, 0.1) is 24.4 Å². The van der Waals surface area contributed by atoms with Gasteiger partial charge in [-0.1, -0.05) is 0 Å². The number of hydrogen-bond donors (Lipinski definition) is 0. The SMILES string of the molecule is C[C@@H]1CN(c2c(Br)c(=O)n(C)n3cc(CC#N)nc23)[C@@H](C)CN1C(=O)OC(C)(C)C. The van der Waals surface area contributed by atoms with E-state index in [0.717, 1.165) is 0 Å². The molecule has 1 aliphatic rings. The lowest BCUT2D eigenvalue weighted by molar-refractivity contribution is 0.0130. The molecule has 30 heavy (non-hydrogen) atoms. The molecular weight excluding hydrogens is 452 g/mol. The molecule has 2 aromatic rings. The number of rotatable bonds is 2. The predicted molar refractivity (Wildman–Crippen MR) is 117 cm³/mol. The molecular formula is C20H27BrN6O3. The molecule has 1 amide bonds. The third-order valence-electron chi connectivity index (χ3n) is 5.12. The normalized spacial score (nSPS) is 19.8. The average molecular weight is 479 g/mol.